The number of hydrogen-bond acceptors (Lipinski definition) is 5. The standard InChI is InChI=1S/C18H18ClN3O4S/c1-2-18-22-14-11-12(7-8-15(14)26-18)21-17(23)9-10-20-27(24,25)16-6-4-3-5-13(16)19/h3-8,11,20H,2,9-10H2,1H3,(H,21,23). The van der Waals surface area contributed by atoms with Crippen LogP contribution < -0.4 is 10.0 Å². The lowest BCUT2D eigenvalue weighted by atomic mass is 10.2. The molecule has 0 radical (unpaired) electrons. The van der Waals surface area contributed by atoms with E-state index in [1.54, 1.807) is 30.3 Å². The predicted octanol–water partition coefficient (Wildman–Crippen LogP) is 3.35. The Hall–Kier alpha value is -2.42. The van der Waals surface area contributed by atoms with Gasteiger partial charge in [-0.3, -0.25) is 4.79 Å². The number of oxazole rings is 1. The Morgan fingerprint density at radius 1 is 1.22 bits per heavy atom. The third-order valence-electron chi connectivity index (χ3n) is 3.79. The lowest BCUT2D eigenvalue weighted by Gasteiger charge is -2.08. The van der Waals surface area contributed by atoms with Gasteiger partial charge in [0.1, 0.15) is 10.4 Å². The van der Waals surface area contributed by atoms with Gasteiger partial charge in [0.05, 0.1) is 5.02 Å². The topological polar surface area (TPSA) is 101 Å². The Kier molecular flexibility index (Phi) is 5.79. The van der Waals surface area contributed by atoms with Crippen LogP contribution in [-0.2, 0) is 21.2 Å². The molecule has 0 fully saturated rings. The molecule has 0 aliphatic rings. The van der Waals surface area contributed by atoms with Crippen LogP contribution in [-0.4, -0.2) is 25.9 Å². The zero-order chi connectivity index (χ0) is 19.4. The monoisotopic (exact) mass is 407 g/mol. The first-order chi connectivity index (χ1) is 12.9. The van der Waals surface area contributed by atoms with E-state index >= 15 is 0 Å². The SMILES string of the molecule is CCc1nc2cc(NC(=O)CCNS(=O)(=O)c3ccccc3Cl)ccc2o1. The molecule has 0 spiro atoms. The summed E-state index contributed by atoms with van der Waals surface area (Å²) in [6.45, 7) is 1.89. The molecule has 0 aliphatic carbocycles. The number of carbonyl (C=O) groups is 1. The van der Waals surface area contributed by atoms with Crippen molar-refractivity contribution in [2.75, 3.05) is 11.9 Å². The number of nitrogens with one attached hydrogen (secondary N) is 2. The molecule has 0 unspecified atom stereocenters. The second kappa shape index (κ2) is 8.08. The van der Waals surface area contributed by atoms with Crippen molar-refractivity contribution in [1.82, 2.24) is 9.71 Å². The molecule has 7 nitrogen and oxygen atoms in total. The van der Waals surface area contributed by atoms with Crippen LogP contribution in [0.5, 0.6) is 0 Å². The fourth-order valence-corrected chi connectivity index (χ4v) is 4.02. The van der Waals surface area contributed by atoms with Crippen molar-refractivity contribution in [2.45, 2.75) is 24.7 Å². The van der Waals surface area contributed by atoms with Gasteiger partial charge in [-0.15, -0.1) is 0 Å². The average molecular weight is 408 g/mol. The van der Waals surface area contributed by atoms with Crippen LogP contribution in [0, 0.1) is 0 Å². The van der Waals surface area contributed by atoms with Crippen LogP contribution in [0.25, 0.3) is 11.1 Å². The first kappa shape index (κ1) is 19.3. The third kappa shape index (κ3) is 4.65. The number of benzene rings is 2. The lowest BCUT2D eigenvalue weighted by Crippen LogP contribution is -2.28. The minimum atomic E-state index is -3.77. The molecule has 1 heterocycles. The number of nitrogens with zero attached hydrogens (tertiary/aromatic N) is 1. The number of hydrogen-bond donors (Lipinski definition) is 2. The van der Waals surface area contributed by atoms with Crippen LogP contribution >= 0.6 is 11.6 Å². The van der Waals surface area contributed by atoms with Gasteiger partial charge in [0.25, 0.3) is 0 Å². The second-order valence-electron chi connectivity index (χ2n) is 5.77. The summed E-state index contributed by atoms with van der Waals surface area (Å²) in [5, 5.41) is 2.84. The molecule has 3 rings (SSSR count). The van der Waals surface area contributed by atoms with E-state index in [-0.39, 0.29) is 28.8 Å². The zero-order valence-corrected chi connectivity index (χ0v) is 16.1. The zero-order valence-electron chi connectivity index (χ0n) is 14.5. The number of carbonyl (C=O) groups excluding carboxylic acids is 1. The molecule has 2 aromatic carbocycles. The van der Waals surface area contributed by atoms with Crippen molar-refractivity contribution in [2.24, 2.45) is 0 Å². The highest BCUT2D eigenvalue weighted by Crippen LogP contribution is 2.21. The quantitative estimate of drug-likeness (QED) is 0.625. The van der Waals surface area contributed by atoms with Crippen LogP contribution in [0.15, 0.2) is 51.8 Å². The number of amides is 1. The van der Waals surface area contributed by atoms with E-state index in [1.807, 2.05) is 6.92 Å². The summed E-state index contributed by atoms with van der Waals surface area (Å²) >= 11 is 5.91. The minimum Gasteiger partial charge on any atom is -0.441 e. The summed E-state index contributed by atoms with van der Waals surface area (Å²) < 4.78 is 32.3. The number of sulfonamides is 1. The minimum absolute atomic E-state index is 0.0183. The van der Waals surface area contributed by atoms with E-state index in [1.165, 1.54) is 12.1 Å². The normalized spacial score (nSPS) is 11.6. The number of halogens is 1. The summed E-state index contributed by atoms with van der Waals surface area (Å²) in [4.78, 5) is 16.4. The summed E-state index contributed by atoms with van der Waals surface area (Å²) in [7, 11) is -3.77. The molecule has 0 saturated carbocycles. The van der Waals surface area contributed by atoms with Gasteiger partial charge < -0.3 is 9.73 Å². The fraction of sp³-hybridized carbons (Fsp3) is 0.222. The van der Waals surface area contributed by atoms with Gasteiger partial charge in [0.15, 0.2) is 11.5 Å². The first-order valence-corrected chi connectivity index (χ1v) is 10.2. The summed E-state index contributed by atoms with van der Waals surface area (Å²) in [5.74, 6) is 0.304. The maximum absolute atomic E-state index is 12.2. The summed E-state index contributed by atoms with van der Waals surface area (Å²) in [6.07, 6.45) is 0.655. The van der Waals surface area contributed by atoms with Gasteiger partial charge in [-0.2, -0.15) is 0 Å². The van der Waals surface area contributed by atoms with E-state index < -0.39 is 10.0 Å². The predicted molar refractivity (Wildman–Crippen MR) is 103 cm³/mol. The number of aromatic nitrogens is 1. The number of fused-ring (bicyclic) bond motifs is 1. The third-order valence-corrected chi connectivity index (χ3v) is 5.75. The lowest BCUT2D eigenvalue weighted by molar-refractivity contribution is -0.116. The van der Waals surface area contributed by atoms with Gasteiger partial charge in [-0.1, -0.05) is 30.7 Å². The van der Waals surface area contributed by atoms with Crippen molar-refractivity contribution in [1.29, 1.82) is 0 Å². The fourth-order valence-electron chi connectivity index (χ4n) is 2.47. The summed E-state index contributed by atoms with van der Waals surface area (Å²) in [5.41, 5.74) is 1.87. The van der Waals surface area contributed by atoms with Crippen molar-refractivity contribution < 1.29 is 17.6 Å². The molecule has 9 heteroatoms. The Morgan fingerprint density at radius 3 is 2.74 bits per heavy atom. The van der Waals surface area contributed by atoms with Crippen molar-refractivity contribution in [3.05, 3.63) is 53.4 Å². The molecule has 1 amide bonds. The largest absolute Gasteiger partial charge is 0.441 e. The Labute approximate surface area is 161 Å². The maximum atomic E-state index is 12.2. The molecular formula is C18H18ClN3O4S. The van der Waals surface area contributed by atoms with Crippen LogP contribution in [0.4, 0.5) is 5.69 Å². The van der Waals surface area contributed by atoms with E-state index in [2.05, 4.69) is 15.0 Å². The Morgan fingerprint density at radius 2 is 2.00 bits per heavy atom. The van der Waals surface area contributed by atoms with Gasteiger partial charge in [0.2, 0.25) is 15.9 Å². The molecule has 0 aliphatic heterocycles. The van der Waals surface area contributed by atoms with Crippen molar-refractivity contribution >= 4 is 44.3 Å². The summed E-state index contributed by atoms with van der Waals surface area (Å²) in [6, 6.07) is 11.3. The van der Waals surface area contributed by atoms with Crippen LogP contribution in [0.2, 0.25) is 5.02 Å². The first-order valence-electron chi connectivity index (χ1n) is 8.32. The van der Waals surface area contributed by atoms with E-state index in [0.29, 0.717) is 29.1 Å². The molecular weight excluding hydrogens is 390 g/mol. The molecule has 3 aromatic rings. The van der Waals surface area contributed by atoms with Gasteiger partial charge >= 0.3 is 0 Å². The molecule has 0 bridgehead atoms. The maximum Gasteiger partial charge on any atom is 0.242 e. The Bertz CT molecular complexity index is 1080. The molecule has 0 saturated heterocycles. The van der Waals surface area contributed by atoms with Gasteiger partial charge in [0, 0.05) is 25.1 Å². The Balaban J connectivity index is 1.57. The number of aryl methyl sites for hydroxylation is 1. The highest BCUT2D eigenvalue weighted by Gasteiger charge is 2.17. The molecule has 142 valence electrons. The molecule has 0 atom stereocenters. The van der Waals surface area contributed by atoms with E-state index in [4.69, 9.17) is 16.0 Å². The van der Waals surface area contributed by atoms with Gasteiger partial charge in [-0.05, 0) is 30.3 Å². The van der Waals surface area contributed by atoms with Crippen LogP contribution in [0.1, 0.15) is 19.2 Å². The second-order valence-corrected chi connectivity index (χ2v) is 7.91. The molecule has 2 N–H and O–H groups in total. The highest BCUT2D eigenvalue weighted by atomic mass is 35.5. The van der Waals surface area contributed by atoms with E-state index in [9.17, 15) is 13.2 Å². The highest BCUT2D eigenvalue weighted by molar-refractivity contribution is 7.89. The molecule has 27 heavy (non-hydrogen) atoms. The number of anilines is 1. The van der Waals surface area contributed by atoms with Gasteiger partial charge in [-0.25, -0.2) is 18.1 Å². The molecule has 1 aromatic heterocycles. The van der Waals surface area contributed by atoms with Crippen molar-refractivity contribution in [3.8, 4) is 0 Å². The number of rotatable bonds is 7. The van der Waals surface area contributed by atoms with Crippen LogP contribution in [0.3, 0.4) is 0 Å². The smallest absolute Gasteiger partial charge is 0.242 e. The van der Waals surface area contributed by atoms with E-state index in [0.717, 1.165) is 0 Å². The van der Waals surface area contributed by atoms with Crippen molar-refractivity contribution in [3.63, 3.8) is 0 Å². The average Bonchev–Trinajstić information content (AvgIpc) is 3.04.